The quantitative estimate of drug-likeness (QED) is 0.689. The first kappa shape index (κ1) is 14.3. The van der Waals surface area contributed by atoms with Gasteiger partial charge in [0.05, 0.1) is 0 Å². The molecular formula is C13H24N4O2. The van der Waals surface area contributed by atoms with Crippen molar-refractivity contribution < 1.29 is 9.59 Å². The van der Waals surface area contributed by atoms with Crippen LogP contribution in [0.4, 0.5) is 4.79 Å². The number of amides is 3. The van der Waals surface area contributed by atoms with Crippen LogP contribution in [0, 0.1) is 0 Å². The lowest BCUT2D eigenvalue weighted by Crippen LogP contribution is -2.44. The SMILES string of the molecule is CCN(CCN1C(=O)NC(C)(C)C1=O)C1CCNC1. The van der Waals surface area contributed by atoms with Crippen molar-refractivity contribution in [3.05, 3.63) is 0 Å². The molecule has 1 atom stereocenters. The summed E-state index contributed by atoms with van der Waals surface area (Å²) in [5.74, 6) is -0.127. The molecule has 2 N–H and O–H groups in total. The summed E-state index contributed by atoms with van der Waals surface area (Å²) in [7, 11) is 0. The minimum absolute atomic E-state index is 0.127. The molecule has 0 aromatic carbocycles. The maximum atomic E-state index is 12.1. The third-order valence-corrected chi connectivity index (χ3v) is 4.01. The van der Waals surface area contributed by atoms with Crippen molar-refractivity contribution in [3.63, 3.8) is 0 Å². The lowest BCUT2D eigenvalue weighted by Gasteiger charge is -2.28. The van der Waals surface area contributed by atoms with Crippen LogP contribution in [0.1, 0.15) is 27.2 Å². The number of urea groups is 1. The second kappa shape index (κ2) is 5.46. The van der Waals surface area contributed by atoms with Gasteiger partial charge in [-0.2, -0.15) is 0 Å². The summed E-state index contributed by atoms with van der Waals surface area (Å²) >= 11 is 0. The average Bonchev–Trinajstić information content (AvgIpc) is 2.92. The molecule has 0 aliphatic carbocycles. The van der Waals surface area contributed by atoms with E-state index in [0.29, 0.717) is 12.6 Å². The molecule has 2 rings (SSSR count). The topological polar surface area (TPSA) is 64.7 Å². The fourth-order valence-corrected chi connectivity index (χ4v) is 2.80. The van der Waals surface area contributed by atoms with Crippen molar-refractivity contribution in [2.75, 3.05) is 32.7 Å². The van der Waals surface area contributed by atoms with Gasteiger partial charge in [-0.1, -0.05) is 6.92 Å². The predicted octanol–water partition coefficient (Wildman–Crippen LogP) is 0.000600. The maximum Gasteiger partial charge on any atom is 0.325 e. The highest BCUT2D eigenvalue weighted by molar-refractivity contribution is 6.06. The van der Waals surface area contributed by atoms with E-state index in [2.05, 4.69) is 22.5 Å². The van der Waals surface area contributed by atoms with Gasteiger partial charge in [0.2, 0.25) is 0 Å². The second-order valence-electron chi connectivity index (χ2n) is 5.79. The Morgan fingerprint density at radius 3 is 2.63 bits per heavy atom. The van der Waals surface area contributed by atoms with E-state index in [4.69, 9.17) is 0 Å². The van der Waals surface area contributed by atoms with Gasteiger partial charge in [-0.3, -0.25) is 14.6 Å². The van der Waals surface area contributed by atoms with Gasteiger partial charge in [0.15, 0.2) is 0 Å². The fourth-order valence-electron chi connectivity index (χ4n) is 2.80. The Morgan fingerprint density at radius 1 is 1.42 bits per heavy atom. The van der Waals surface area contributed by atoms with E-state index >= 15 is 0 Å². The molecule has 0 radical (unpaired) electrons. The Bertz CT molecular complexity index is 364. The number of nitrogens with one attached hydrogen (secondary N) is 2. The molecule has 0 spiro atoms. The zero-order valence-electron chi connectivity index (χ0n) is 12.0. The van der Waals surface area contributed by atoms with E-state index in [1.807, 2.05) is 0 Å². The fraction of sp³-hybridized carbons (Fsp3) is 0.846. The Hall–Kier alpha value is -1.14. The number of carbonyl (C=O) groups is 2. The van der Waals surface area contributed by atoms with Gasteiger partial charge in [0.1, 0.15) is 5.54 Å². The lowest BCUT2D eigenvalue weighted by atomic mass is 10.1. The van der Waals surface area contributed by atoms with Crippen LogP contribution in [-0.2, 0) is 4.79 Å². The van der Waals surface area contributed by atoms with E-state index in [0.717, 1.165) is 32.6 Å². The van der Waals surface area contributed by atoms with Crippen molar-refractivity contribution >= 4 is 11.9 Å². The Labute approximate surface area is 114 Å². The van der Waals surface area contributed by atoms with Crippen molar-refractivity contribution in [2.24, 2.45) is 0 Å². The summed E-state index contributed by atoms with van der Waals surface area (Å²) in [6.45, 7) is 9.82. The van der Waals surface area contributed by atoms with Crippen LogP contribution in [0.15, 0.2) is 0 Å². The summed E-state index contributed by atoms with van der Waals surface area (Å²) in [5.41, 5.74) is -0.761. The molecule has 3 amide bonds. The van der Waals surface area contributed by atoms with Gasteiger partial charge < -0.3 is 10.6 Å². The summed E-state index contributed by atoms with van der Waals surface area (Å²) < 4.78 is 0. The monoisotopic (exact) mass is 268 g/mol. The minimum atomic E-state index is -0.761. The van der Waals surface area contributed by atoms with E-state index in [1.165, 1.54) is 4.90 Å². The Kier molecular flexibility index (Phi) is 4.10. The molecule has 2 aliphatic heterocycles. The molecule has 2 saturated heterocycles. The van der Waals surface area contributed by atoms with Gasteiger partial charge in [0, 0.05) is 25.7 Å². The number of hydrogen-bond acceptors (Lipinski definition) is 4. The summed E-state index contributed by atoms with van der Waals surface area (Å²) in [5, 5.41) is 6.06. The molecular weight excluding hydrogens is 244 g/mol. The number of nitrogens with zero attached hydrogens (tertiary/aromatic N) is 2. The van der Waals surface area contributed by atoms with Crippen molar-refractivity contribution in [3.8, 4) is 0 Å². The Morgan fingerprint density at radius 2 is 2.16 bits per heavy atom. The molecule has 0 aromatic heterocycles. The number of rotatable bonds is 5. The molecule has 2 aliphatic rings. The van der Waals surface area contributed by atoms with E-state index in [1.54, 1.807) is 13.8 Å². The second-order valence-corrected chi connectivity index (χ2v) is 5.79. The smallest absolute Gasteiger partial charge is 0.324 e. The molecule has 2 fully saturated rings. The first-order valence-corrected chi connectivity index (χ1v) is 7.04. The van der Waals surface area contributed by atoms with Crippen molar-refractivity contribution in [1.82, 2.24) is 20.4 Å². The molecule has 0 saturated carbocycles. The molecule has 1 unspecified atom stereocenters. The summed E-state index contributed by atoms with van der Waals surface area (Å²) in [6, 6.07) is 0.259. The third-order valence-electron chi connectivity index (χ3n) is 4.01. The summed E-state index contributed by atoms with van der Waals surface area (Å²) in [6.07, 6.45) is 1.14. The van der Waals surface area contributed by atoms with E-state index in [-0.39, 0.29) is 11.9 Å². The number of hydrogen-bond donors (Lipinski definition) is 2. The molecule has 0 aromatic rings. The van der Waals surface area contributed by atoms with Crippen molar-refractivity contribution in [1.29, 1.82) is 0 Å². The minimum Gasteiger partial charge on any atom is -0.324 e. The van der Waals surface area contributed by atoms with Crippen LogP contribution in [-0.4, -0.2) is 66.0 Å². The number of likely N-dealkylation sites (N-methyl/N-ethyl adjacent to an activating group) is 1. The first-order chi connectivity index (χ1) is 8.95. The molecule has 6 heteroatoms. The zero-order chi connectivity index (χ0) is 14.0. The van der Waals surface area contributed by atoms with Gasteiger partial charge in [-0.05, 0) is 33.4 Å². The zero-order valence-corrected chi connectivity index (χ0v) is 12.0. The highest BCUT2D eigenvalue weighted by atomic mass is 16.2. The van der Waals surface area contributed by atoms with Crippen LogP contribution < -0.4 is 10.6 Å². The third kappa shape index (κ3) is 2.90. The van der Waals surface area contributed by atoms with Crippen LogP contribution in [0.2, 0.25) is 0 Å². The van der Waals surface area contributed by atoms with Gasteiger partial charge >= 0.3 is 6.03 Å². The molecule has 19 heavy (non-hydrogen) atoms. The average molecular weight is 268 g/mol. The highest BCUT2D eigenvalue weighted by Crippen LogP contribution is 2.17. The lowest BCUT2D eigenvalue weighted by molar-refractivity contribution is -0.130. The highest BCUT2D eigenvalue weighted by Gasteiger charge is 2.44. The standard InChI is InChI=1S/C13H24N4O2/c1-4-16(10-5-6-14-9-10)7-8-17-11(18)13(2,3)15-12(17)19/h10,14H,4-9H2,1-3H3,(H,15,19). The van der Waals surface area contributed by atoms with Gasteiger partial charge in [-0.15, -0.1) is 0 Å². The number of imide groups is 1. The predicted molar refractivity (Wildman–Crippen MR) is 72.8 cm³/mol. The molecule has 2 heterocycles. The van der Waals surface area contributed by atoms with Crippen LogP contribution in [0.5, 0.6) is 0 Å². The van der Waals surface area contributed by atoms with Crippen LogP contribution in [0.3, 0.4) is 0 Å². The first-order valence-electron chi connectivity index (χ1n) is 7.04. The van der Waals surface area contributed by atoms with Crippen LogP contribution >= 0.6 is 0 Å². The normalized spacial score (nSPS) is 26.3. The van der Waals surface area contributed by atoms with E-state index < -0.39 is 5.54 Å². The van der Waals surface area contributed by atoms with Crippen molar-refractivity contribution in [2.45, 2.75) is 38.8 Å². The molecule has 0 bridgehead atoms. The maximum absolute atomic E-state index is 12.1. The van der Waals surface area contributed by atoms with E-state index in [9.17, 15) is 9.59 Å². The van der Waals surface area contributed by atoms with Gasteiger partial charge in [-0.25, -0.2) is 4.79 Å². The molecule has 108 valence electrons. The van der Waals surface area contributed by atoms with Gasteiger partial charge in [0.25, 0.3) is 5.91 Å². The Balaban J connectivity index is 1.90. The largest absolute Gasteiger partial charge is 0.325 e. The summed E-state index contributed by atoms with van der Waals surface area (Å²) in [4.78, 5) is 27.5. The molecule has 6 nitrogen and oxygen atoms in total. The number of carbonyl (C=O) groups excluding carboxylic acids is 2. The van der Waals surface area contributed by atoms with Crippen LogP contribution in [0.25, 0.3) is 0 Å².